The molecule has 3 heterocycles. The zero-order valence-corrected chi connectivity index (χ0v) is 11.3. The summed E-state index contributed by atoms with van der Waals surface area (Å²) in [5.74, 6) is 1.37. The summed E-state index contributed by atoms with van der Waals surface area (Å²) in [4.78, 5) is 4.52. The lowest BCUT2D eigenvalue weighted by atomic mass is 10.0. The van der Waals surface area contributed by atoms with Gasteiger partial charge in [-0.1, -0.05) is 11.6 Å². The van der Waals surface area contributed by atoms with Gasteiger partial charge in [-0.3, -0.25) is 0 Å². The third-order valence-electron chi connectivity index (χ3n) is 3.46. The van der Waals surface area contributed by atoms with E-state index in [0.29, 0.717) is 17.1 Å². The van der Waals surface area contributed by atoms with Crippen LogP contribution in [0.1, 0.15) is 31.9 Å². The smallest absolute Gasteiger partial charge is 0.138 e. The van der Waals surface area contributed by atoms with Crippen LogP contribution in [0.5, 0.6) is 0 Å². The lowest BCUT2D eigenvalue weighted by Crippen LogP contribution is -2.33. The lowest BCUT2D eigenvalue weighted by Gasteiger charge is -2.26. The van der Waals surface area contributed by atoms with Crippen LogP contribution < -0.4 is 5.32 Å². The van der Waals surface area contributed by atoms with Crippen molar-refractivity contribution in [3.63, 3.8) is 0 Å². The second kappa shape index (κ2) is 4.55. The number of aliphatic imine (C=N–C) groups is 1. The van der Waals surface area contributed by atoms with Crippen LogP contribution in [0.3, 0.4) is 0 Å². The van der Waals surface area contributed by atoms with E-state index in [1.54, 1.807) is 6.20 Å². The fraction of sp³-hybridized carbons (Fsp3) is 0.667. The van der Waals surface area contributed by atoms with Crippen molar-refractivity contribution in [1.82, 2.24) is 9.78 Å². The van der Waals surface area contributed by atoms with Gasteiger partial charge in [0.2, 0.25) is 0 Å². The number of aromatic nitrogens is 2. The molecule has 0 aromatic carbocycles. The van der Waals surface area contributed by atoms with Crippen LogP contribution in [-0.2, 0) is 4.74 Å². The maximum absolute atomic E-state index is 6.25. The SMILES string of the molecule is CC(C)n1ncc2c1NC(C1CCOC1)N=C2Cl. The number of halogens is 1. The minimum absolute atomic E-state index is 0.00157. The number of ether oxygens (including phenoxy) is 1. The molecular weight excluding hydrogens is 252 g/mol. The molecule has 1 aromatic heterocycles. The molecule has 0 bridgehead atoms. The molecule has 6 heteroatoms. The van der Waals surface area contributed by atoms with Gasteiger partial charge in [0.05, 0.1) is 18.4 Å². The summed E-state index contributed by atoms with van der Waals surface area (Å²) in [6.45, 7) is 5.76. The molecule has 98 valence electrons. The molecule has 5 nitrogen and oxygen atoms in total. The quantitative estimate of drug-likeness (QED) is 0.895. The topological polar surface area (TPSA) is 51.4 Å². The van der Waals surface area contributed by atoms with Gasteiger partial charge in [-0.25, -0.2) is 9.67 Å². The first-order valence-corrected chi connectivity index (χ1v) is 6.70. The molecule has 0 spiro atoms. The summed E-state index contributed by atoms with van der Waals surface area (Å²) in [6, 6.07) is 0.296. The van der Waals surface area contributed by atoms with E-state index in [2.05, 4.69) is 29.3 Å². The Labute approximate surface area is 111 Å². The van der Waals surface area contributed by atoms with Gasteiger partial charge < -0.3 is 10.1 Å². The standard InChI is InChI=1S/C12H17ClN4O/c1-7(2)17-12-9(5-14-17)10(13)15-11(16-12)8-3-4-18-6-8/h5,7-8,11,16H,3-4,6H2,1-2H3. The number of hydrogen-bond donors (Lipinski definition) is 1. The summed E-state index contributed by atoms with van der Waals surface area (Å²) in [7, 11) is 0. The van der Waals surface area contributed by atoms with Crippen molar-refractivity contribution >= 4 is 22.6 Å². The monoisotopic (exact) mass is 268 g/mol. The van der Waals surface area contributed by atoms with Crippen molar-refractivity contribution in [2.75, 3.05) is 18.5 Å². The van der Waals surface area contributed by atoms with Crippen LogP contribution >= 0.6 is 11.6 Å². The number of nitrogens with zero attached hydrogens (tertiary/aromatic N) is 3. The van der Waals surface area contributed by atoms with E-state index in [9.17, 15) is 0 Å². The zero-order chi connectivity index (χ0) is 12.7. The number of nitrogens with one attached hydrogen (secondary N) is 1. The van der Waals surface area contributed by atoms with Crippen molar-refractivity contribution in [3.8, 4) is 0 Å². The predicted octanol–water partition coefficient (Wildman–Crippen LogP) is 2.24. The average molecular weight is 269 g/mol. The van der Waals surface area contributed by atoms with E-state index in [0.717, 1.165) is 31.0 Å². The summed E-state index contributed by atoms with van der Waals surface area (Å²) in [5.41, 5.74) is 0.889. The number of hydrogen-bond acceptors (Lipinski definition) is 4. The first-order valence-electron chi connectivity index (χ1n) is 6.32. The fourth-order valence-electron chi connectivity index (χ4n) is 2.44. The van der Waals surface area contributed by atoms with Crippen molar-refractivity contribution in [1.29, 1.82) is 0 Å². The Morgan fingerprint density at radius 3 is 3.06 bits per heavy atom. The van der Waals surface area contributed by atoms with E-state index >= 15 is 0 Å². The number of rotatable bonds is 2. The summed E-state index contributed by atoms with van der Waals surface area (Å²) in [6.07, 6.45) is 2.80. The number of anilines is 1. The molecule has 3 rings (SSSR count). The summed E-state index contributed by atoms with van der Waals surface area (Å²) in [5, 5.41) is 8.36. The van der Waals surface area contributed by atoms with E-state index < -0.39 is 0 Å². The fourth-order valence-corrected chi connectivity index (χ4v) is 2.68. The predicted molar refractivity (Wildman–Crippen MR) is 71.3 cm³/mol. The molecule has 1 aromatic rings. The molecule has 2 aliphatic heterocycles. The van der Waals surface area contributed by atoms with Crippen molar-refractivity contribution in [2.45, 2.75) is 32.5 Å². The van der Waals surface area contributed by atoms with Gasteiger partial charge in [0.25, 0.3) is 0 Å². The Morgan fingerprint density at radius 1 is 1.56 bits per heavy atom. The van der Waals surface area contributed by atoms with Crippen LogP contribution in [0.15, 0.2) is 11.2 Å². The minimum Gasteiger partial charge on any atom is -0.381 e. The molecular formula is C12H17ClN4O. The van der Waals surface area contributed by atoms with E-state index in [1.165, 1.54) is 0 Å². The van der Waals surface area contributed by atoms with Crippen LogP contribution in [0.25, 0.3) is 0 Å². The molecule has 18 heavy (non-hydrogen) atoms. The molecule has 2 aliphatic rings. The van der Waals surface area contributed by atoms with Crippen LogP contribution in [-0.4, -0.2) is 34.3 Å². The highest BCUT2D eigenvalue weighted by atomic mass is 35.5. The van der Waals surface area contributed by atoms with Crippen molar-refractivity contribution in [2.24, 2.45) is 10.9 Å². The zero-order valence-electron chi connectivity index (χ0n) is 10.6. The minimum atomic E-state index is 0.00157. The van der Waals surface area contributed by atoms with Gasteiger partial charge in [0, 0.05) is 18.6 Å². The van der Waals surface area contributed by atoms with Gasteiger partial charge >= 0.3 is 0 Å². The highest BCUT2D eigenvalue weighted by Crippen LogP contribution is 2.30. The molecule has 1 saturated heterocycles. The average Bonchev–Trinajstić information content (AvgIpc) is 2.97. The normalized spacial score (nSPS) is 27.0. The highest BCUT2D eigenvalue weighted by molar-refractivity contribution is 6.70. The third-order valence-corrected chi connectivity index (χ3v) is 3.76. The Morgan fingerprint density at radius 2 is 2.39 bits per heavy atom. The Balaban J connectivity index is 1.92. The molecule has 2 unspecified atom stereocenters. The van der Waals surface area contributed by atoms with E-state index in [4.69, 9.17) is 16.3 Å². The first-order chi connectivity index (χ1) is 8.66. The van der Waals surface area contributed by atoms with E-state index in [-0.39, 0.29) is 6.17 Å². The van der Waals surface area contributed by atoms with Crippen molar-refractivity contribution in [3.05, 3.63) is 11.8 Å². The molecule has 1 N–H and O–H groups in total. The summed E-state index contributed by atoms with van der Waals surface area (Å²) >= 11 is 6.25. The van der Waals surface area contributed by atoms with Gasteiger partial charge in [-0.2, -0.15) is 5.10 Å². The molecule has 0 aliphatic carbocycles. The molecule has 2 atom stereocenters. The first kappa shape index (κ1) is 12.0. The molecule has 0 amide bonds. The van der Waals surface area contributed by atoms with Gasteiger partial charge in [0.15, 0.2) is 0 Å². The van der Waals surface area contributed by atoms with Crippen LogP contribution in [0.4, 0.5) is 5.82 Å². The Hall–Kier alpha value is -1.07. The van der Waals surface area contributed by atoms with Crippen LogP contribution in [0.2, 0.25) is 0 Å². The Bertz CT molecular complexity index is 476. The molecule has 1 fully saturated rings. The van der Waals surface area contributed by atoms with Crippen molar-refractivity contribution < 1.29 is 4.74 Å². The van der Waals surface area contributed by atoms with Gasteiger partial charge in [-0.05, 0) is 20.3 Å². The third kappa shape index (κ3) is 1.91. The van der Waals surface area contributed by atoms with Gasteiger partial charge in [-0.15, -0.1) is 0 Å². The number of fused-ring (bicyclic) bond motifs is 1. The van der Waals surface area contributed by atoms with Gasteiger partial charge in [0.1, 0.15) is 17.2 Å². The summed E-state index contributed by atoms with van der Waals surface area (Å²) < 4.78 is 7.37. The largest absolute Gasteiger partial charge is 0.381 e. The molecule has 0 radical (unpaired) electrons. The Kier molecular flexibility index (Phi) is 3.03. The lowest BCUT2D eigenvalue weighted by molar-refractivity contribution is 0.182. The highest BCUT2D eigenvalue weighted by Gasteiger charge is 2.31. The van der Waals surface area contributed by atoms with E-state index in [1.807, 2.05) is 4.68 Å². The second-order valence-electron chi connectivity index (χ2n) is 5.08. The molecule has 0 saturated carbocycles. The van der Waals surface area contributed by atoms with Crippen LogP contribution in [0, 0.1) is 5.92 Å². The maximum atomic E-state index is 6.25. The maximum Gasteiger partial charge on any atom is 0.138 e. The second-order valence-corrected chi connectivity index (χ2v) is 5.44.